The molecule has 1 aromatic carbocycles. The normalized spacial score (nSPS) is 11.7. The summed E-state index contributed by atoms with van der Waals surface area (Å²) in [6.45, 7) is 4.55. The summed E-state index contributed by atoms with van der Waals surface area (Å²) in [6.07, 6.45) is 1.38. The Hall–Kier alpha value is -2.08. The molecule has 1 heterocycles. The van der Waals surface area contributed by atoms with Crippen molar-refractivity contribution in [3.05, 3.63) is 28.8 Å². The average molecular weight is 262 g/mol. The molecule has 0 spiro atoms. The van der Waals surface area contributed by atoms with E-state index in [9.17, 15) is 4.79 Å². The first-order valence-corrected chi connectivity index (χ1v) is 5.97. The van der Waals surface area contributed by atoms with Gasteiger partial charge in [-0.25, -0.2) is 4.98 Å². The van der Waals surface area contributed by atoms with E-state index in [4.69, 9.17) is 10.5 Å². The fourth-order valence-electron chi connectivity index (χ4n) is 2.00. The van der Waals surface area contributed by atoms with Crippen LogP contribution in [0.25, 0.3) is 10.9 Å². The van der Waals surface area contributed by atoms with Crippen LogP contribution in [0.1, 0.15) is 13.8 Å². The number of aromatic amines is 1. The molecule has 6 nitrogen and oxygen atoms in total. The number of fused-ring (bicyclic) bond motifs is 1. The van der Waals surface area contributed by atoms with Crippen molar-refractivity contribution >= 4 is 22.3 Å². The smallest absolute Gasteiger partial charge is 0.258 e. The minimum absolute atomic E-state index is 0.195. The zero-order valence-corrected chi connectivity index (χ0v) is 11.3. The van der Waals surface area contributed by atoms with Gasteiger partial charge >= 0.3 is 0 Å². The molecule has 0 saturated carbocycles. The topological polar surface area (TPSA) is 93.0 Å². The zero-order chi connectivity index (χ0) is 14.0. The predicted octanol–water partition coefficient (Wildman–Crippen LogP) is 1.34. The van der Waals surface area contributed by atoms with E-state index in [2.05, 4.69) is 15.3 Å². The highest BCUT2D eigenvalue weighted by Gasteiger charge is 2.18. The highest BCUT2D eigenvalue weighted by Crippen LogP contribution is 2.26. The van der Waals surface area contributed by atoms with Gasteiger partial charge in [0.25, 0.3) is 5.56 Å². The van der Waals surface area contributed by atoms with Crippen molar-refractivity contribution in [2.45, 2.75) is 19.4 Å². The van der Waals surface area contributed by atoms with E-state index in [-0.39, 0.29) is 11.1 Å². The fraction of sp³-hybridized carbons (Fsp3) is 0.385. The Morgan fingerprint density at radius 3 is 2.89 bits per heavy atom. The Bertz CT molecular complexity index is 649. The molecule has 0 saturated heterocycles. The lowest BCUT2D eigenvalue weighted by atomic mass is 10.1. The van der Waals surface area contributed by atoms with E-state index in [0.29, 0.717) is 23.2 Å². The first-order chi connectivity index (χ1) is 8.93. The minimum atomic E-state index is -0.266. The maximum absolute atomic E-state index is 11.6. The molecule has 1 aromatic heterocycles. The second-order valence-corrected chi connectivity index (χ2v) is 5.13. The van der Waals surface area contributed by atoms with Crippen LogP contribution in [0.3, 0.4) is 0 Å². The minimum Gasteiger partial charge on any atom is -0.397 e. The van der Waals surface area contributed by atoms with Crippen LogP contribution in [0.5, 0.6) is 0 Å². The number of H-pyrrole nitrogens is 1. The van der Waals surface area contributed by atoms with Crippen LogP contribution in [0, 0.1) is 0 Å². The van der Waals surface area contributed by atoms with Crippen molar-refractivity contribution in [2.75, 3.05) is 24.8 Å². The molecule has 6 heteroatoms. The third-order valence-electron chi connectivity index (χ3n) is 2.79. The summed E-state index contributed by atoms with van der Waals surface area (Å²) in [4.78, 5) is 18.3. The molecule has 0 aliphatic heterocycles. The molecular weight excluding hydrogens is 244 g/mol. The van der Waals surface area contributed by atoms with Crippen molar-refractivity contribution < 1.29 is 4.74 Å². The molecule has 2 rings (SSSR count). The molecular formula is C13H18N4O2. The second kappa shape index (κ2) is 4.89. The Kier molecular flexibility index (Phi) is 3.44. The summed E-state index contributed by atoms with van der Waals surface area (Å²) in [6, 6.07) is 3.41. The molecule has 2 aromatic rings. The van der Waals surface area contributed by atoms with E-state index < -0.39 is 0 Å². The quantitative estimate of drug-likeness (QED) is 0.723. The molecule has 19 heavy (non-hydrogen) atoms. The van der Waals surface area contributed by atoms with Gasteiger partial charge in [-0.3, -0.25) is 4.79 Å². The highest BCUT2D eigenvalue weighted by atomic mass is 16.5. The van der Waals surface area contributed by atoms with Gasteiger partial charge in [-0.15, -0.1) is 0 Å². The molecule has 0 atom stereocenters. The van der Waals surface area contributed by atoms with E-state index in [0.717, 1.165) is 5.69 Å². The maximum atomic E-state index is 11.6. The lowest BCUT2D eigenvalue weighted by molar-refractivity contribution is 0.158. The van der Waals surface area contributed by atoms with Crippen molar-refractivity contribution in [1.29, 1.82) is 0 Å². The third kappa shape index (κ3) is 2.85. The molecule has 0 radical (unpaired) electrons. The van der Waals surface area contributed by atoms with Crippen LogP contribution >= 0.6 is 0 Å². The summed E-state index contributed by atoms with van der Waals surface area (Å²) < 4.78 is 5.15. The maximum Gasteiger partial charge on any atom is 0.258 e. The number of benzene rings is 1. The van der Waals surface area contributed by atoms with Crippen molar-refractivity contribution in [3.8, 4) is 0 Å². The number of ether oxygens (including phenoxy) is 1. The van der Waals surface area contributed by atoms with E-state index in [1.165, 1.54) is 6.33 Å². The van der Waals surface area contributed by atoms with E-state index in [1.54, 1.807) is 19.2 Å². The third-order valence-corrected chi connectivity index (χ3v) is 2.79. The predicted molar refractivity (Wildman–Crippen MR) is 76.4 cm³/mol. The first kappa shape index (κ1) is 13.4. The lowest BCUT2D eigenvalue weighted by Gasteiger charge is -2.27. The van der Waals surface area contributed by atoms with Gasteiger partial charge in [0.05, 0.1) is 40.8 Å². The number of hydrogen-bond acceptors (Lipinski definition) is 5. The molecule has 0 fully saturated rings. The van der Waals surface area contributed by atoms with Gasteiger partial charge in [-0.05, 0) is 26.0 Å². The monoisotopic (exact) mass is 262 g/mol. The van der Waals surface area contributed by atoms with E-state index >= 15 is 0 Å². The van der Waals surface area contributed by atoms with Crippen LogP contribution in [-0.2, 0) is 4.74 Å². The van der Waals surface area contributed by atoms with Gasteiger partial charge in [0.2, 0.25) is 0 Å². The molecule has 0 amide bonds. The summed E-state index contributed by atoms with van der Waals surface area (Å²) in [5.41, 5.74) is 7.37. The molecule has 0 bridgehead atoms. The van der Waals surface area contributed by atoms with Gasteiger partial charge in [0, 0.05) is 7.11 Å². The number of rotatable bonds is 4. The van der Waals surface area contributed by atoms with Crippen LogP contribution < -0.4 is 16.6 Å². The molecule has 102 valence electrons. The van der Waals surface area contributed by atoms with Crippen LogP contribution in [0.15, 0.2) is 23.3 Å². The Morgan fingerprint density at radius 2 is 2.21 bits per heavy atom. The van der Waals surface area contributed by atoms with Gasteiger partial charge in [-0.2, -0.15) is 0 Å². The number of nitrogen functional groups attached to an aromatic ring is 1. The molecule has 0 aliphatic carbocycles. The van der Waals surface area contributed by atoms with Crippen LogP contribution in [0.2, 0.25) is 0 Å². The molecule has 0 aliphatic rings. The molecule has 4 N–H and O–H groups in total. The summed E-state index contributed by atoms with van der Waals surface area (Å²) in [5, 5.41) is 3.78. The number of nitrogens with two attached hydrogens (primary N) is 1. The summed E-state index contributed by atoms with van der Waals surface area (Å²) in [7, 11) is 1.65. The largest absolute Gasteiger partial charge is 0.397 e. The number of methoxy groups -OCH3 is 1. The van der Waals surface area contributed by atoms with Gasteiger partial charge in [0.15, 0.2) is 0 Å². The molecule has 0 unspecified atom stereocenters. The van der Waals surface area contributed by atoms with Gasteiger partial charge < -0.3 is 20.8 Å². The Morgan fingerprint density at radius 1 is 1.47 bits per heavy atom. The standard InChI is InChI=1S/C13H18N4O2/c1-13(2,6-19-3)17-11-5-10-8(4-9(11)14)12(18)16-7-15-10/h4-5,7,17H,6,14H2,1-3H3,(H,15,16,18). The lowest BCUT2D eigenvalue weighted by Crippen LogP contribution is -2.36. The average Bonchev–Trinajstić information content (AvgIpc) is 2.31. The first-order valence-electron chi connectivity index (χ1n) is 5.97. The zero-order valence-electron chi connectivity index (χ0n) is 11.3. The number of nitrogens with zero attached hydrogens (tertiary/aromatic N) is 1. The van der Waals surface area contributed by atoms with E-state index in [1.807, 2.05) is 13.8 Å². The Balaban J connectivity index is 2.45. The highest BCUT2D eigenvalue weighted by molar-refractivity contribution is 5.88. The number of nitrogens with one attached hydrogen (secondary N) is 2. The van der Waals surface area contributed by atoms with Gasteiger partial charge in [0.1, 0.15) is 0 Å². The Labute approximate surface area is 111 Å². The van der Waals surface area contributed by atoms with Crippen molar-refractivity contribution in [2.24, 2.45) is 0 Å². The summed E-state index contributed by atoms with van der Waals surface area (Å²) in [5.74, 6) is 0. The number of hydrogen-bond donors (Lipinski definition) is 3. The summed E-state index contributed by atoms with van der Waals surface area (Å²) >= 11 is 0. The SMILES string of the molecule is COCC(C)(C)Nc1cc2nc[nH]c(=O)c2cc1N. The van der Waals surface area contributed by atoms with Crippen LogP contribution in [0.4, 0.5) is 11.4 Å². The van der Waals surface area contributed by atoms with Gasteiger partial charge in [-0.1, -0.05) is 0 Å². The van der Waals surface area contributed by atoms with Crippen LogP contribution in [-0.4, -0.2) is 29.2 Å². The van der Waals surface area contributed by atoms with Crippen molar-refractivity contribution in [1.82, 2.24) is 9.97 Å². The van der Waals surface area contributed by atoms with Crippen molar-refractivity contribution in [3.63, 3.8) is 0 Å². The fourth-order valence-corrected chi connectivity index (χ4v) is 2.00. The number of aromatic nitrogens is 2. The second-order valence-electron chi connectivity index (χ2n) is 5.13. The number of anilines is 2.